The second-order valence-corrected chi connectivity index (χ2v) is 7.78. The summed E-state index contributed by atoms with van der Waals surface area (Å²) in [4.78, 5) is 11.1. The summed E-state index contributed by atoms with van der Waals surface area (Å²) in [7, 11) is -3.91. The number of aliphatic carboxylic acids is 1. The molecule has 1 heterocycles. The van der Waals surface area contributed by atoms with E-state index in [0.29, 0.717) is 0 Å². The van der Waals surface area contributed by atoms with Crippen molar-refractivity contribution in [1.82, 2.24) is 4.31 Å². The smallest absolute Gasteiger partial charge is 0.322 e. The molecule has 0 aromatic carbocycles. The average molecular weight is 292 g/mol. The molecule has 0 aromatic rings. The van der Waals surface area contributed by atoms with Crippen LogP contribution in [0.25, 0.3) is 0 Å². The first-order chi connectivity index (χ1) is 8.23. The first-order valence-electron chi connectivity index (χ1n) is 5.49. The van der Waals surface area contributed by atoms with E-state index in [1.807, 2.05) is 13.8 Å². The van der Waals surface area contributed by atoms with Crippen molar-refractivity contribution >= 4 is 27.8 Å². The molecule has 3 atom stereocenters. The fourth-order valence-corrected chi connectivity index (χ4v) is 5.30. The van der Waals surface area contributed by atoms with Gasteiger partial charge < -0.3 is 5.11 Å². The molecule has 0 radical (unpaired) electrons. The Kier molecular flexibility index (Phi) is 4.64. The lowest BCUT2D eigenvalue weighted by atomic mass is 10.2. The molecular weight excluding hydrogens is 276 g/mol. The lowest BCUT2D eigenvalue weighted by molar-refractivity contribution is -0.140. The minimum Gasteiger partial charge on any atom is -0.480 e. The minimum absolute atomic E-state index is 0.0139. The van der Waals surface area contributed by atoms with Crippen molar-refractivity contribution in [2.24, 2.45) is 5.92 Å². The maximum absolute atomic E-state index is 12.2. The van der Waals surface area contributed by atoms with Crippen LogP contribution in [0.15, 0.2) is 0 Å². The Labute approximate surface area is 111 Å². The molecule has 0 spiro atoms. The van der Waals surface area contributed by atoms with Crippen LogP contribution in [0.5, 0.6) is 0 Å². The van der Waals surface area contributed by atoms with Gasteiger partial charge in [0.25, 0.3) is 0 Å². The van der Waals surface area contributed by atoms with Crippen molar-refractivity contribution in [1.29, 1.82) is 5.26 Å². The summed E-state index contributed by atoms with van der Waals surface area (Å²) < 4.78 is 25.4. The summed E-state index contributed by atoms with van der Waals surface area (Å²) in [5, 5.41) is 16.2. The van der Waals surface area contributed by atoms with Crippen LogP contribution >= 0.6 is 11.8 Å². The molecule has 0 amide bonds. The molecule has 6 nitrogen and oxygen atoms in total. The van der Waals surface area contributed by atoms with Crippen LogP contribution in [0.2, 0.25) is 0 Å². The maximum Gasteiger partial charge on any atom is 0.322 e. The van der Waals surface area contributed by atoms with Crippen LogP contribution in [0.1, 0.15) is 20.8 Å². The number of hydrogen-bond donors (Lipinski definition) is 1. The van der Waals surface area contributed by atoms with Crippen LogP contribution < -0.4 is 0 Å². The van der Waals surface area contributed by atoms with Gasteiger partial charge in [0.15, 0.2) is 5.25 Å². The van der Waals surface area contributed by atoms with E-state index in [1.54, 1.807) is 6.07 Å². The number of hydrogen-bond acceptors (Lipinski definition) is 5. The van der Waals surface area contributed by atoms with E-state index in [4.69, 9.17) is 10.4 Å². The topological polar surface area (TPSA) is 98.5 Å². The van der Waals surface area contributed by atoms with Gasteiger partial charge in [0.2, 0.25) is 10.0 Å². The first-order valence-corrected chi connectivity index (χ1v) is 8.05. The van der Waals surface area contributed by atoms with Crippen molar-refractivity contribution in [3.8, 4) is 6.07 Å². The van der Waals surface area contributed by atoms with Crippen LogP contribution in [0.4, 0.5) is 0 Å². The van der Waals surface area contributed by atoms with Gasteiger partial charge >= 0.3 is 5.97 Å². The fourth-order valence-electron chi connectivity index (χ4n) is 1.75. The van der Waals surface area contributed by atoms with Gasteiger partial charge in [0, 0.05) is 5.75 Å². The lowest BCUT2D eigenvalue weighted by Crippen LogP contribution is -2.49. The number of sulfonamides is 1. The van der Waals surface area contributed by atoms with Gasteiger partial charge in [-0.1, -0.05) is 13.8 Å². The highest BCUT2D eigenvalue weighted by molar-refractivity contribution is 8.01. The minimum atomic E-state index is -3.91. The number of carbonyl (C=O) groups is 1. The van der Waals surface area contributed by atoms with E-state index in [0.717, 1.165) is 4.31 Å². The number of thioether (sulfide) groups is 1. The normalized spacial score (nSPS) is 27.1. The molecule has 0 aliphatic carbocycles. The van der Waals surface area contributed by atoms with E-state index < -0.39 is 32.7 Å². The number of nitrogens with zero attached hydrogens (tertiary/aromatic N) is 2. The summed E-state index contributed by atoms with van der Waals surface area (Å²) in [5.41, 5.74) is 0. The summed E-state index contributed by atoms with van der Waals surface area (Å²) >= 11 is 1.31. The third-order valence-electron chi connectivity index (χ3n) is 2.76. The van der Waals surface area contributed by atoms with Gasteiger partial charge in [-0.2, -0.15) is 9.57 Å². The number of carboxylic acids is 1. The monoisotopic (exact) mass is 292 g/mol. The Morgan fingerprint density at radius 3 is 2.44 bits per heavy atom. The molecule has 1 aliphatic rings. The lowest BCUT2D eigenvalue weighted by Gasteiger charge is -2.29. The molecule has 1 aliphatic heterocycles. The van der Waals surface area contributed by atoms with Gasteiger partial charge in [-0.3, -0.25) is 4.79 Å². The predicted octanol–water partition coefficient (Wildman–Crippen LogP) is 0.712. The Bertz CT molecular complexity index is 469. The molecule has 0 bridgehead atoms. The molecular formula is C10H16N2O4S2. The first kappa shape index (κ1) is 15.3. The zero-order valence-corrected chi connectivity index (χ0v) is 12.0. The third-order valence-corrected chi connectivity index (χ3v) is 6.58. The maximum atomic E-state index is 12.2. The van der Waals surface area contributed by atoms with Crippen molar-refractivity contribution in [2.75, 3.05) is 5.75 Å². The molecule has 1 N–H and O–H groups in total. The molecule has 1 saturated heterocycles. The molecule has 8 heteroatoms. The SMILES string of the molecule is CC(C)C1SCC(C(=O)O)N1S(=O)(=O)C(C)C#N. The molecule has 1 fully saturated rings. The highest BCUT2D eigenvalue weighted by Crippen LogP contribution is 2.37. The van der Waals surface area contributed by atoms with Crippen molar-refractivity contribution < 1.29 is 18.3 Å². The Hall–Kier alpha value is -0.780. The predicted molar refractivity (Wildman–Crippen MR) is 68.3 cm³/mol. The second-order valence-electron chi connectivity index (χ2n) is 4.47. The van der Waals surface area contributed by atoms with Crippen LogP contribution in [-0.2, 0) is 14.8 Å². The van der Waals surface area contributed by atoms with Gasteiger partial charge in [0.05, 0.1) is 11.4 Å². The highest BCUT2D eigenvalue weighted by atomic mass is 32.2. The third kappa shape index (κ3) is 2.63. The largest absolute Gasteiger partial charge is 0.480 e. The van der Waals surface area contributed by atoms with Gasteiger partial charge in [0.1, 0.15) is 6.04 Å². The fraction of sp³-hybridized carbons (Fsp3) is 0.800. The number of rotatable bonds is 4. The number of nitriles is 1. The van der Waals surface area contributed by atoms with Gasteiger partial charge in [-0.25, -0.2) is 8.42 Å². The van der Waals surface area contributed by atoms with E-state index in [9.17, 15) is 13.2 Å². The summed E-state index contributed by atoms with van der Waals surface area (Å²) in [6.45, 7) is 4.94. The van der Waals surface area contributed by atoms with Gasteiger partial charge in [-0.05, 0) is 12.8 Å². The summed E-state index contributed by atoms with van der Waals surface area (Å²) in [6, 6.07) is 0.589. The van der Waals surface area contributed by atoms with E-state index in [-0.39, 0.29) is 11.7 Å². The molecule has 18 heavy (non-hydrogen) atoms. The number of carboxylic acid groups (broad SMARTS) is 1. The van der Waals surface area contributed by atoms with Crippen LogP contribution in [0, 0.1) is 17.2 Å². The Morgan fingerprint density at radius 1 is 1.50 bits per heavy atom. The van der Waals surface area contributed by atoms with Crippen molar-refractivity contribution in [2.45, 2.75) is 37.4 Å². The molecule has 0 saturated carbocycles. The summed E-state index contributed by atoms with van der Waals surface area (Å²) in [5.74, 6) is -0.963. The molecule has 1 rings (SSSR count). The summed E-state index contributed by atoms with van der Waals surface area (Å²) in [6.07, 6.45) is 0. The van der Waals surface area contributed by atoms with Crippen LogP contribution in [-0.4, -0.2) is 46.2 Å². The molecule has 102 valence electrons. The van der Waals surface area contributed by atoms with E-state index in [2.05, 4.69) is 0 Å². The average Bonchev–Trinajstić information content (AvgIpc) is 2.72. The van der Waals surface area contributed by atoms with Crippen LogP contribution in [0.3, 0.4) is 0 Å². The standard InChI is InChI=1S/C10H16N2O4S2/c1-6(2)9-12(8(5-17-9)10(13)14)18(15,16)7(3)4-11/h6-9H,5H2,1-3H3,(H,13,14). The van der Waals surface area contributed by atoms with E-state index in [1.165, 1.54) is 18.7 Å². The van der Waals surface area contributed by atoms with Gasteiger partial charge in [-0.15, -0.1) is 11.8 Å². The Balaban J connectivity index is 3.20. The zero-order valence-electron chi connectivity index (χ0n) is 10.4. The van der Waals surface area contributed by atoms with Crippen molar-refractivity contribution in [3.63, 3.8) is 0 Å². The molecule has 0 aromatic heterocycles. The quantitative estimate of drug-likeness (QED) is 0.819. The second kappa shape index (κ2) is 5.47. The Morgan fingerprint density at radius 2 is 2.06 bits per heavy atom. The van der Waals surface area contributed by atoms with Crippen molar-refractivity contribution in [3.05, 3.63) is 0 Å². The zero-order chi connectivity index (χ0) is 14.1. The molecule has 3 unspecified atom stereocenters. The highest BCUT2D eigenvalue weighted by Gasteiger charge is 2.48. The van der Waals surface area contributed by atoms with E-state index >= 15 is 0 Å².